The molecule has 13 heavy (non-hydrogen) atoms. The normalized spacial score (nSPS) is 10.6. The van der Waals surface area contributed by atoms with Crippen LogP contribution in [0.2, 0.25) is 0 Å². The molecule has 0 aliphatic carbocycles. The average molecular weight is 176 g/mol. The van der Waals surface area contributed by atoms with Crippen molar-refractivity contribution in [1.29, 1.82) is 0 Å². The molecule has 4 heteroatoms. The highest BCUT2D eigenvalue weighted by atomic mass is 15.4. The van der Waals surface area contributed by atoms with Gasteiger partial charge in [0.2, 0.25) is 0 Å². The maximum Gasteiger partial charge on any atom is 0.133 e. The minimum Gasteiger partial charge on any atom is -0.251 e. The van der Waals surface area contributed by atoms with Crippen LogP contribution in [0.4, 0.5) is 0 Å². The molecule has 0 spiro atoms. The summed E-state index contributed by atoms with van der Waals surface area (Å²) in [6.45, 7) is 4.70. The number of hydrogen-bond donors (Lipinski definition) is 0. The topological polar surface area (TPSA) is 35.6 Å². The fourth-order valence-corrected chi connectivity index (χ4v) is 1.23. The third-order valence-electron chi connectivity index (χ3n) is 1.98. The van der Waals surface area contributed by atoms with Crippen molar-refractivity contribution in [3.63, 3.8) is 0 Å². The Morgan fingerprint density at radius 1 is 1.31 bits per heavy atom. The highest BCUT2D eigenvalue weighted by Crippen LogP contribution is 1.98. The predicted octanol–water partition coefficient (Wildman–Crippen LogP) is 1.20. The van der Waals surface area contributed by atoms with E-state index in [4.69, 9.17) is 0 Å². The Labute approximate surface area is 76.8 Å². The van der Waals surface area contributed by atoms with Gasteiger partial charge in [-0.25, -0.2) is 4.68 Å². The van der Waals surface area contributed by atoms with Crippen molar-refractivity contribution in [1.82, 2.24) is 19.6 Å². The van der Waals surface area contributed by atoms with Gasteiger partial charge in [-0.3, -0.25) is 4.68 Å². The Balaban J connectivity index is 2.19. The van der Waals surface area contributed by atoms with Gasteiger partial charge in [0.05, 0.1) is 5.69 Å². The maximum atomic E-state index is 4.28. The lowest BCUT2D eigenvalue weighted by atomic mass is 10.5. The highest BCUT2D eigenvalue weighted by Gasteiger charge is 1.98. The summed E-state index contributed by atoms with van der Waals surface area (Å²) in [4.78, 5) is 0. The van der Waals surface area contributed by atoms with Crippen molar-refractivity contribution in [3.05, 3.63) is 35.9 Å². The molecule has 68 valence electrons. The van der Waals surface area contributed by atoms with Crippen LogP contribution in [0.5, 0.6) is 0 Å². The van der Waals surface area contributed by atoms with Crippen LogP contribution in [0.25, 0.3) is 0 Å². The SMILES string of the molecule is Cc1ccn(Cn2nccc2C)n1. The van der Waals surface area contributed by atoms with Gasteiger partial charge in [0.1, 0.15) is 6.67 Å². The van der Waals surface area contributed by atoms with E-state index in [1.54, 1.807) is 6.20 Å². The molecule has 0 N–H and O–H groups in total. The van der Waals surface area contributed by atoms with Crippen LogP contribution in [0.1, 0.15) is 11.4 Å². The largest absolute Gasteiger partial charge is 0.251 e. The van der Waals surface area contributed by atoms with Crippen molar-refractivity contribution >= 4 is 0 Å². The highest BCUT2D eigenvalue weighted by molar-refractivity contribution is 4.98. The van der Waals surface area contributed by atoms with Gasteiger partial charge in [0.25, 0.3) is 0 Å². The van der Waals surface area contributed by atoms with Gasteiger partial charge in [-0.1, -0.05) is 0 Å². The second kappa shape index (κ2) is 3.05. The lowest BCUT2D eigenvalue weighted by Gasteiger charge is -2.03. The summed E-state index contributed by atoms with van der Waals surface area (Å²) >= 11 is 0. The molecule has 4 nitrogen and oxygen atoms in total. The number of aryl methyl sites for hydroxylation is 2. The molecule has 2 heterocycles. The van der Waals surface area contributed by atoms with Crippen LogP contribution in [-0.2, 0) is 6.67 Å². The average Bonchev–Trinajstić information content (AvgIpc) is 2.64. The van der Waals surface area contributed by atoms with Crippen LogP contribution in [-0.4, -0.2) is 19.6 Å². The molecule has 0 unspecified atom stereocenters. The van der Waals surface area contributed by atoms with E-state index in [-0.39, 0.29) is 0 Å². The molecule has 2 aromatic rings. The van der Waals surface area contributed by atoms with E-state index in [0.29, 0.717) is 6.67 Å². The molecule has 0 aliphatic heterocycles. The predicted molar refractivity (Wildman–Crippen MR) is 49.3 cm³/mol. The first-order valence-electron chi connectivity index (χ1n) is 4.24. The number of nitrogens with zero attached hydrogens (tertiary/aromatic N) is 4. The van der Waals surface area contributed by atoms with Crippen LogP contribution in [0.15, 0.2) is 24.5 Å². The first-order valence-corrected chi connectivity index (χ1v) is 4.24. The van der Waals surface area contributed by atoms with Gasteiger partial charge in [0.15, 0.2) is 0 Å². The monoisotopic (exact) mass is 176 g/mol. The smallest absolute Gasteiger partial charge is 0.133 e. The summed E-state index contributed by atoms with van der Waals surface area (Å²) in [6.07, 6.45) is 3.75. The van der Waals surface area contributed by atoms with Crippen molar-refractivity contribution in [3.8, 4) is 0 Å². The van der Waals surface area contributed by atoms with E-state index in [0.717, 1.165) is 11.4 Å². The van der Waals surface area contributed by atoms with Crippen LogP contribution < -0.4 is 0 Å². The van der Waals surface area contributed by atoms with Crippen LogP contribution >= 0.6 is 0 Å². The number of aromatic nitrogens is 4. The molecule has 0 bridgehead atoms. The zero-order chi connectivity index (χ0) is 9.26. The lowest BCUT2D eigenvalue weighted by molar-refractivity contribution is 0.491. The molecular formula is C9H12N4. The molecule has 2 rings (SSSR count). The Hall–Kier alpha value is -1.58. The molecule has 2 aromatic heterocycles. The Morgan fingerprint density at radius 3 is 2.69 bits per heavy atom. The Bertz CT molecular complexity index is 399. The fraction of sp³-hybridized carbons (Fsp3) is 0.333. The molecule has 0 aromatic carbocycles. The van der Waals surface area contributed by atoms with E-state index >= 15 is 0 Å². The minimum absolute atomic E-state index is 0.687. The zero-order valence-corrected chi connectivity index (χ0v) is 7.81. The molecule has 0 amide bonds. The third kappa shape index (κ3) is 1.61. The molecule has 0 fully saturated rings. The minimum atomic E-state index is 0.687. The molecular weight excluding hydrogens is 164 g/mol. The van der Waals surface area contributed by atoms with E-state index < -0.39 is 0 Å². The Kier molecular flexibility index (Phi) is 1.88. The first-order chi connectivity index (χ1) is 6.25. The standard InChI is InChI=1S/C9H12N4/c1-8-4-6-12(11-8)7-13-9(2)3-5-10-13/h3-6H,7H2,1-2H3. The molecule has 0 saturated heterocycles. The zero-order valence-electron chi connectivity index (χ0n) is 7.81. The second-order valence-corrected chi connectivity index (χ2v) is 3.11. The quantitative estimate of drug-likeness (QED) is 0.689. The first kappa shape index (κ1) is 8.04. The van der Waals surface area contributed by atoms with Gasteiger partial charge >= 0.3 is 0 Å². The summed E-state index contributed by atoms with van der Waals surface area (Å²) in [5.41, 5.74) is 2.18. The van der Waals surface area contributed by atoms with Crippen molar-refractivity contribution in [2.45, 2.75) is 20.5 Å². The van der Waals surface area contributed by atoms with E-state index in [2.05, 4.69) is 10.2 Å². The fourth-order valence-electron chi connectivity index (χ4n) is 1.23. The molecule has 0 radical (unpaired) electrons. The number of rotatable bonds is 2. The maximum absolute atomic E-state index is 4.28. The second-order valence-electron chi connectivity index (χ2n) is 3.11. The molecule has 0 atom stereocenters. The third-order valence-corrected chi connectivity index (χ3v) is 1.98. The van der Waals surface area contributed by atoms with Crippen molar-refractivity contribution in [2.24, 2.45) is 0 Å². The van der Waals surface area contributed by atoms with Gasteiger partial charge in [-0.15, -0.1) is 0 Å². The van der Waals surface area contributed by atoms with E-state index in [1.807, 2.05) is 41.5 Å². The Morgan fingerprint density at radius 2 is 2.15 bits per heavy atom. The number of hydrogen-bond acceptors (Lipinski definition) is 2. The lowest BCUT2D eigenvalue weighted by Crippen LogP contribution is -2.11. The van der Waals surface area contributed by atoms with E-state index in [9.17, 15) is 0 Å². The van der Waals surface area contributed by atoms with Gasteiger partial charge in [0, 0.05) is 18.1 Å². The summed E-state index contributed by atoms with van der Waals surface area (Å²) in [5, 5.41) is 8.46. The summed E-state index contributed by atoms with van der Waals surface area (Å²) in [6, 6.07) is 3.97. The summed E-state index contributed by atoms with van der Waals surface area (Å²) < 4.78 is 3.78. The van der Waals surface area contributed by atoms with Crippen LogP contribution in [0.3, 0.4) is 0 Å². The van der Waals surface area contributed by atoms with E-state index in [1.165, 1.54) is 0 Å². The van der Waals surface area contributed by atoms with Crippen molar-refractivity contribution < 1.29 is 0 Å². The van der Waals surface area contributed by atoms with Gasteiger partial charge < -0.3 is 0 Å². The van der Waals surface area contributed by atoms with Gasteiger partial charge in [-0.2, -0.15) is 10.2 Å². The van der Waals surface area contributed by atoms with Crippen LogP contribution in [0, 0.1) is 13.8 Å². The summed E-state index contributed by atoms with van der Waals surface area (Å²) in [7, 11) is 0. The summed E-state index contributed by atoms with van der Waals surface area (Å²) in [5.74, 6) is 0. The molecule has 0 aliphatic rings. The van der Waals surface area contributed by atoms with Gasteiger partial charge in [-0.05, 0) is 26.0 Å². The molecule has 0 saturated carbocycles. The van der Waals surface area contributed by atoms with Crippen molar-refractivity contribution in [2.75, 3.05) is 0 Å².